The van der Waals surface area contributed by atoms with Crippen LogP contribution in [0.2, 0.25) is 0 Å². The van der Waals surface area contributed by atoms with Crippen LogP contribution in [0.25, 0.3) is 0 Å². The lowest BCUT2D eigenvalue weighted by atomic mass is 10.2. The number of aliphatic carboxylic acids is 1. The number of hydrogen-bond acceptors (Lipinski definition) is 4. The van der Waals surface area contributed by atoms with Gasteiger partial charge in [0.25, 0.3) is 11.6 Å². The zero-order chi connectivity index (χ0) is 11.9. The van der Waals surface area contributed by atoms with Crippen LogP contribution in [0.1, 0.15) is 16.5 Å². The monoisotopic (exact) mass is 225 g/mol. The van der Waals surface area contributed by atoms with Gasteiger partial charge >= 0.3 is 5.97 Å². The van der Waals surface area contributed by atoms with Crippen LogP contribution in [-0.4, -0.2) is 33.0 Å². The van der Waals surface area contributed by atoms with Gasteiger partial charge < -0.3 is 15.0 Å². The molecule has 0 saturated carbocycles. The summed E-state index contributed by atoms with van der Waals surface area (Å²) in [5, 5.41) is 21.8. The topological polar surface area (TPSA) is 114 Å². The quantitative estimate of drug-likeness (QED) is 0.532. The Morgan fingerprint density at radius 2 is 2.38 bits per heavy atom. The van der Waals surface area contributed by atoms with E-state index in [9.17, 15) is 19.7 Å². The van der Waals surface area contributed by atoms with Crippen molar-refractivity contribution in [2.24, 2.45) is 0 Å². The van der Waals surface area contributed by atoms with E-state index in [4.69, 9.17) is 5.11 Å². The second kappa shape index (κ2) is 3.33. The number of fused-ring (bicyclic) bond motifs is 1. The fourth-order valence-electron chi connectivity index (χ4n) is 1.59. The molecule has 2 heterocycles. The van der Waals surface area contributed by atoms with Gasteiger partial charge in [0, 0.05) is 12.6 Å². The van der Waals surface area contributed by atoms with Crippen molar-refractivity contribution in [1.82, 2.24) is 9.88 Å². The highest BCUT2D eigenvalue weighted by Gasteiger charge is 2.32. The molecule has 0 bridgehead atoms. The lowest BCUT2D eigenvalue weighted by Crippen LogP contribution is -2.41. The Balaban J connectivity index is 2.53. The highest BCUT2D eigenvalue weighted by atomic mass is 16.6. The molecule has 2 rings (SSSR count). The molecule has 0 aromatic carbocycles. The number of nitro groups is 1. The first kappa shape index (κ1) is 10.1. The van der Waals surface area contributed by atoms with E-state index in [2.05, 4.69) is 5.32 Å². The van der Waals surface area contributed by atoms with Gasteiger partial charge in [-0.2, -0.15) is 0 Å². The first-order valence-corrected chi connectivity index (χ1v) is 4.38. The van der Waals surface area contributed by atoms with Crippen LogP contribution in [0.4, 0.5) is 5.69 Å². The van der Waals surface area contributed by atoms with Crippen molar-refractivity contribution in [2.75, 3.05) is 6.54 Å². The molecule has 1 unspecified atom stereocenters. The molecule has 1 amide bonds. The van der Waals surface area contributed by atoms with E-state index in [0.29, 0.717) is 0 Å². The summed E-state index contributed by atoms with van der Waals surface area (Å²) in [6.45, 7) is -0.0764. The Morgan fingerprint density at radius 3 is 2.94 bits per heavy atom. The minimum Gasteiger partial charge on any atom is -0.480 e. The first-order chi connectivity index (χ1) is 7.50. The standard InChI is InChI=1S/C8H7N3O5/c12-7-5-1-4(11(15)16)3-10(5)6(2-9-7)8(13)14/h1,3,6H,2H2,(H,9,12)(H,13,14). The van der Waals surface area contributed by atoms with Gasteiger partial charge in [-0.15, -0.1) is 0 Å². The molecule has 1 atom stereocenters. The maximum Gasteiger partial charge on any atom is 0.328 e. The highest BCUT2D eigenvalue weighted by molar-refractivity contribution is 5.95. The van der Waals surface area contributed by atoms with Crippen LogP contribution >= 0.6 is 0 Å². The molecule has 0 radical (unpaired) electrons. The minimum absolute atomic E-state index is 0.00894. The number of rotatable bonds is 2. The van der Waals surface area contributed by atoms with Gasteiger partial charge in [0.15, 0.2) is 0 Å². The van der Waals surface area contributed by atoms with E-state index < -0.39 is 22.8 Å². The number of aromatic nitrogens is 1. The summed E-state index contributed by atoms with van der Waals surface area (Å²) >= 11 is 0. The van der Waals surface area contributed by atoms with E-state index in [1.54, 1.807) is 0 Å². The molecule has 0 spiro atoms. The Labute approximate surface area is 88.6 Å². The molecule has 16 heavy (non-hydrogen) atoms. The molecular formula is C8H7N3O5. The smallest absolute Gasteiger partial charge is 0.328 e. The van der Waals surface area contributed by atoms with Crippen LogP contribution in [-0.2, 0) is 4.79 Å². The number of nitrogens with zero attached hydrogens (tertiary/aromatic N) is 2. The van der Waals surface area contributed by atoms with E-state index in [1.807, 2.05) is 0 Å². The predicted molar refractivity (Wildman–Crippen MR) is 50.1 cm³/mol. The van der Waals surface area contributed by atoms with Crippen molar-refractivity contribution in [3.63, 3.8) is 0 Å². The number of carboxylic acid groups (broad SMARTS) is 1. The zero-order valence-electron chi connectivity index (χ0n) is 7.91. The highest BCUT2D eigenvalue weighted by Crippen LogP contribution is 2.23. The number of carbonyl (C=O) groups excluding carboxylic acids is 1. The number of nitrogens with one attached hydrogen (secondary N) is 1. The second-order valence-corrected chi connectivity index (χ2v) is 3.31. The molecule has 8 nitrogen and oxygen atoms in total. The summed E-state index contributed by atoms with van der Waals surface area (Å²) in [6, 6.07) is 0.0612. The summed E-state index contributed by atoms with van der Waals surface area (Å²) in [5.74, 6) is -1.66. The molecule has 0 aliphatic carbocycles. The fraction of sp³-hybridized carbons (Fsp3) is 0.250. The summed E-state index contributed by atoms with van der Waals surface area (Å²) in [5.41, 5.74) is -0.302. The van der Waals surface area contributed by atoms with E-state index in [0.717, 1.165) is 16.8 Å². The molecule has 1 aliphatic heterocycles. The fourth-order valence-corrected chi connectivity index (χ4v) is 1.59. The summed E-state index contributed by atoms with van der Waals surface area (Å²) in [4.78, 5) is 32.0. The zero-order valence-corrected chi connectivity index (χ0v) is 7.91. The average molecular weight is 225 g/mol. The van der Waals surface area contributed by atoms with Crippen LogP contribution in [0.5, 0.6) is 0 Å². The lowest BCUT2D eigenvalue weighted by molar-refractivity contribution is -0.384. The van der Waals surface area contributed by atoms with Crippen molar-refractivity contribution in [3.05, 3.63) is 28.1 Å². The maximum atomic E-state index is 11.3. The molecule has 1 aliphatic rings. The van der Waals surface area contributed by atoms with Gasteiger partial charge in [-0.1, -0.05) is 0 Å². The molecule has 84 valence electrons. The maximum absolute atomic E-state index is 11.3. The van der Waals surface area contributed by atoms with Crippen LogP contribution in [0, 0.1) is 10.1 Å². The summed E-state index contributed by atoms with van der Waals surface area (Å²) in [6.07, 6.45) is 1.06. The predicted octanol–water partition coefficient (Wildman–Crippen LogP) is -0.235. The Morgan fingerprint density at radius 1 is 1.69 bits per heavy atom. The van der Waals surface area contributed by atoms with Crippen molar-refractivity contribution < 1.29 is 19.6 Å². The Bertz CT molecular complexity index is 492. The number of amides is 1. The molecule has 0 saturated heterocycles. The second-order valence-electron chi connectivity index (χ2n) is 3.31. The Hall–Kier alpha value is -2.38. The van der Waals surface area contributed by atoms with Crippen LogP contribution in [0.3, 0.4) is 0 Å². The normalized spacial score (nSPS) is 18.8. The molecule has 8 heteroatoms. The number of carbonyl (C=O) groups is 2. The molecule has 1 aromatic rings. The Kier molecular flexibility index (Phi) is 2.11. The van der Waals surface area contributed by atoms with Crippen molar-refractivity contribution in [3.8, 4) is 0 Å². The van der Waals surface area contributed by atoms with E-state index in [-0.39, 0.29) is 17.9 Å². The third-order valence-corrected chi connectivity index (χ3v) is 2.35. The van der Waals surface area contributed by atoms with Gasteiger partial charge in [-0.3, -0.25) is 14.9 Å². The van der Waals surface area contributed by atoms with Gasteiger partial charge in [-0.25, -0.2) is 4.79 Å². The third-order valence-electron chi connectivity index (χ3n) is 2.35. The van der Waals surface area contributed by atoms with Crippen LogP contribution in [0.15, 0.2) is 12.3 Å². The number of hydrogen-bond donors (Lipinski definition) is 2. The molecular weight excluding hydrogens is 218 g/mol. The van der Waals surface area contributed by atoms with Crippen molar-refractivity contribution in [2.45, 2.75) is 6.04 Å². The van der Waals surface area contributed by atoms with Crippen molar-refractivity contribution >= 4 is 17.6 Å². The summed E-state index contributed by atoms with van der Waals surface area (Å²) < 4.78 is 1.11. The van der Waals surface area contributed by atoms with E-state index in [1.165, 1.54) is 0 Å². The first-order valence-electron chi connectivity index (χ1n) is 4.38. The average Bonchev–Trinajstić information content (AvgIpc) is 2.62. The molecule has 0 fully saturated rings. The van der Waals surface area contributed by atoms with Crippen molar-refractivity contribution in [1.29, 1.82) is 0 Å². The number of carboxylic acids is 1. The van der Waals surface area contributed by atoms with Gasteiger partial charge in [-0.05, 0) is 0 Å². The van der Waals surface area contributed by atoms with Gasteiger partial charge in [0.05, 0.1) is 11.1 Å². The van der Waals surface area contributed by atoms with Gasteiger partial charge in [0.2, 0.25) is 0 Å². The molecule has 2 N–H and O–H groups in total. The van der Waals surface area contributed by atoms with Gasteiger partial charge in [0.1, 0.15) is 11.7 Å². The largest absolute Gasteiger partial charge is 0.480 e. The summed E-state index contributed by atoms with van der Waals surface area (Å²) in [7, 11) is 0. The molecule has 1 aromatic heterocycles. The van der Waals surface area contributed by atoms with E-state index >= 15 is 0 Å². The lowest BCUT2D eigenvalue weighted by Gasteiger charge is -2.22. The van der Waals surface area contributed by atoms with Crippen LogP contribution < -0.4 is 5.32 Å². The third kappa shape index (κ3) is 1.40. The minimum atomic E-state index is -1.15. The SMILES string of the molecule is O=C1NCC(C(=O)O)n2cc([N+](=O)[O-])cc21.